The van der Waals surface area contributed by atoms with Crippen LogP contribution in [0.15, 0.2) is 47.7 Å². The molecule has 0 saturated carbocycles. The highest BCUT2D eigenvalue weighted by Crippen LogP contribution is 2.04. The van der Waals surface area contributed by atoms with Crippen molar-refractivity contribution in [2.24, 2.45) is 4.99 Å². The molecule has 0 fully saturated rings. The van der Waals surface area contributed by atoms with Gasteiger partial charge in [-0.3, -0.25) is 4.68 Å². The zero-order chi connectivity index (χ0) is 11.2. The molecule has 0 saturated heterocycles. The molecule has 80 valence electrons. The van der Waals surface area contributed by atoms with Crippen LogP contribution in [0.3, 0.4) is 0 Å². The second-order valence-corrected chi connectivity index (χ2v) is 3.62. The molecule has 0 bridgehead atoms. The Morgan fingerprint density at radius 3 is 2.81 bits per heavy atom. The number of thiocarbonyl (C=S) groups is 1. The Hall–Kier alpha value is -1.77. The van der Waals surface area contributed by atoms with Gasteiger partial charge in [-0.15, -0.1) is 0 Å². The van der Waals surface area contributed by atoms with Gasteiger partial charge in [0.15, 0.2) is 0 Å². The first kappa shape index (κ1) is 10.7. The summed E-state index contributed by atoms with van der Waals surface area (Å²) in [6, 6.07) is 10.2. The molecule has 0 atom stereocenters. The van der Waals surface area contributed by atoms with Crippen LogP contribution in [0.1, 0.15) is 11.1 Å². The van der Waals surface area contributed by atoms with E-state index in [9.17, 15) is 0 Å². The highest BCUT2D eigenvalue weighted by atomic mass is 32.1. The predicted octanol–water partition coefficient (Wildman–Crippen LogP) is 2.53. The number of nitrogens with zero attached hydrogens (tertiary/aromatic N) is 3. The van der Waals surface area contributed by atoms with Crippen molar-refractivity contribution in [1.82, 2.24) is 9.78 Å². The minimum atomic E-state index is 0.554. The van der Waals surface area contributed by atoms with Crippen molar-refractivity contribution in [3.63, 3.8) is 0 Å². The van der Waals surface area contributed by atoms with Gasteiger partial charge in [-0.2, -0.15) is 5.10 Å². The number of isothiocyanates is 1. The number of benzene rings is 1. The molecule has 4 heteroatoms. The number of hydrogen-bond acceptors (Lipinski definition) is 3. The third-order valence-electron chi connectivity index (χ3n) is 2.20. The average Bonchev–Trinajstić information content (AvgIpc) is 2.75. The largest absolute Gasteiger partial charge is 0.268 e. The van der Waals surface area contributed by atoms with Crippen LogP contribution in [0.25, 0.3) is 0 Å². The molecule has 1 aromatic carbocycles. The third-order valence-corrected chi connectivity index (χ3v) is 2.33. The Kier molecular flexibility index (Phi) is 3.59. The van der Waals surface area contributed by atoms with Gasteiger partial charge in [0.2, 0.25) is 0 Å². The van der Waals surface area contributed by atoms with Crippen molar-refractivity contribution >= 4 is 17.4 Å². The van der Waals surface area contributed by atoms with Crippen molar-refractivity contribution in [3.8, 4) is 0 Å². The molecule has 16 heavy (non-hydrogen) atoms. The zero-order valence-electron chi connectivity index (χ0n) is 8.71. The van der Waals surface area contributed by atoms with Crippen LogP contribution in [-0.4, -0.2) is 14.9 Å². The van der Waals surface area contributed by atoms with Gasteiger partial charge in [-0.1, -0.05) is 30.3 Å². The van der Waals surface area contributed by atoms with E-state index >= 15 is 0 Å². The first-order valence-corrected chi connectivity index (χ1v) is 5.38. The molecule has 1 aromatic heterocycles. The lowest BCUT2D eigenvalue weighted by Gasteiger charge is -2.00. The number of rotatable bonds is 4. The Morgan fingerprint density at radius 2 is 2.06 bits per heavy atom. The number of hydrogen-bond donors (Lipinski definition) is 0. The Bertz CT molecular complexity index is 498. The van der Waals surface area contributed by atoms with Gasteiger partial charge in [0.1, 0.15) is 0 Å². The molecule has 0 spiro atoms. The van der Waals surface area contributed by atoms with Crippen molar-refractivity contribution in [3.05, 3.63) is 53.9 Å². The highest BCUT2D eigenvalue weighted by molar-refractivity contribution is 7.78. The molecule has 0 unspecified atom stereocenters. The molecule has 0 aliphatic rings. The van der Waals surface area contributed by atoms with E-state index in [1.165, 1.54) is 5.56 Å². The fraction of sp³-hybridized carbons (Fsp3) is 0.167. The van der Waals surface area contributed by atoms with E-state index in [-0.39, 0.29) is 0 Å². The van der Waals surface area contributed by atoms with Crippen LogP contribution < -0.4 is 0 Å². The van der Waals surface area contributed by atoms with E-state index in [2.05, 4.69) is 39.6 Å². The second kappa shape index (κ2) is 5.35. The highest BCUT2D eigenvalue weighted by Gasteiger charge is 1.98. The smallest absolute Gasteiger partial charge is 0.0773 e. The normalized spacial score (nSPS) is 9.75. The zero-order valence-corrected chi connectivity index (χ0v) is 9.52. The van der Waals surface area contributed by atoms with Gasteiger partial charge in [-0.25, -0.2) is 4.99 Å². The summed E-state index contributed by atoms with van der Waals surface area (Å²) in [5, 5.41) is 6.61. The van der Waals surface area contributed by atoms with Gasteiger partial charge < -0.3 is 0 Å². The van der Waals surface area contributed by atoms with Crippen molar-refractivity contribution in [2.45, 2.75) is 13.1 Å². The molecule has 3 nitrogen and oxygen atoms in total. The fourth-order valence-electron chi connectivity index (χ4n) is 1.47. The molecule has 1 heterocycles. The van der Waals surface area contributed by atoms with Crippen LogP contribution in [0.2, 0.25) is 0 Å². The molecule has 2 aromatic rings. The fourth-order valence-corrected chi connectivity index (χ4v) is 1.53. The quantitative estimate of drug-likeness (QED) is 0.595. The van der Waals surface area contributed by atoms with Crippen LogP contribution in [0, 0.1) is 0 Å². The van der Waals surface area contributed by atoms with Crippen LogP contribution in [0.5, 0.6) is 0 Å². The van der Waals surface area contributed by atoms with Gasteiger partial charge in [0, 0.05) is 11.8 Å². The monoisotopic (exact) mass is 229 g/mol. The summed E-state index contributed by atoms with van der Waals surface area (Å²) in [7, 11) is 0. The standard InChI is InChI=1S/C12H11N3S/c16-10-13-6-12-7-14-15(9-12)8-11-4-2-1-3-5-11/h1-5,7,9H,6,8H2. The Balaban J connectivity index is 2.05. The first-order chi connectivity index (χ1) is 7.88. The minimum absolute atomic E-state index is 0.554. The lowest BCUT2D eigenvalue weighted by atomic mass is 10.2. The Labute approximate surface area is 99.4 Å². The minimum Gasteiger partial charge on any atom is -0.268 e. The topological polar surface area (TPSA) is 30.2 Å². The van der Waals surface area contributed by atoms with Crippen molar-refractivity contribution in [1.29, 1.82) is 0 Å². The van der Waals surface area contributed by atoms with E-state index in [0.717, 1.165) is 12.1 Å². The van der Waals surface area contributed by atoms with E-state index < -0.39 is 0 Å². The first-order valence-electron chi connectivity index (χ1n) is 4.97. The average molecular weight is 229 g/mol. The summed E-state index contributed by atoms with van der Waals surface area (Å²) >= 11 is 4.52. The molecule has 2 rings (SSSR count). The second-order valence-electron chi connectivity index (χ2n) is 3.44. The Morgan fingerprint density at radius 1 is 1.25 bits per heavy atom. The van der Waals surface area contributed by atoms with E-state index in [1.54, 1.807) is 6.20 Å². The number of aromatic nitrogens is 2. The summed E-state index contributed by atoms with van der Waals surface area (Å²) in [5.41, 5.74) is 2.28. The molecule has 0 N–H and O–H groups in total. The van der Waals surface area contributed by atoms with E-state index in [4.69, 9.17) is 0 Å². The SMILES string of the molecule is S=C=NCc1cnn(Cc2ccccc2)c1. The summed E-state index contributed by atoms with van der Waals surface area (Å²) < 4.78 is 1.89. The number of aliphatic imine (C=N–C) groups is 1. The third kappa shape index (κ3) is 2.86. The van der Waals surface area contributed by atoms with Gasteiger partial charge in [0.05, 0.1) is 24.4 Å². The maximum absolute atomic E-state index is 4.52. The molecular formula is C12H11N3S. The van der Waals surface area contributed by atoms with E-state index in [0.29, 0.717) is 6.54 Å². The molecule has 0 aliphatic carbocycles. The van der Waals surface area contributed by atoms with Crippen molar-refractivity contribution < 1.29 is 0 Å². The summed E-state index contributed by atoms with van der Waals surface area (Å²) in [6.07, 6.45) is 3.78. The summed E-state index contributed by atoms with van der Waals surface area (Å²) in [4.78, 5) is 3.87. The molecular weight excluding hydrogens is 218 g/mol. The maximum Gasteiger partial charge on any atom is 0.0773 e. The lowest BCUT2D eigenvalue weighted by molar-refractivity contribution is 0.686. The van der Waals surface area contributed by atoms with Gasteiger partial charge in [0.25, 0.3) is 0 Å². The van der Waals surface area contributed by atoms with Crippen LogP contribution >= 0.6 is 12.2 Å². The molecule has 0 amide bonds. The van der Waals surface area contributed by atoms with Crippen LogP contribution in [-0.2, 0) is 13.1 Å². The maximum atomic E-state index is 4.52. The molecule has 0 radical (unpaired) electrons. The lowest BCUT2D eigenvalue weighted by Crippen LogP contribution is -1.99. The summed E-state index contributed by atoms with van der Waals surface area (Å²) in [6.45, 7) is 1.33. The van der Waals surface area contributed by atoms with Gasteiger partial charge in [-0.05, 0) is 17.8 Å². The molecule has 0 aliphatic heterocycles. The predicted molar refractivity (Wildman–Crippen MR) is 66.5 cm³/mol. The van der Waals surface area contributed by atoms with Crippen molar-refractivity contribution in [2.75, 3.05) is 0 Å². The summed E-state index contributed by atoms with van der Waals surface area (Å²) in [5.74, 6) is 0. The van der Waals surface area contributed by atoms with E-state index in [1.807, 2.05) is 29.1 Å². The van der Waals surface area contributed by atoms with Crippen LogP contribution in [0.4, 0.5) is 0 Å². The van der Waals surface area contributed by atoms with Gasteiger partial charge >= 0.3 is 0 Å².